The van der Waals surface area contributed by atoms with Gasteiger partial charge in [0.05, 0.1) is 7.11 Å². The number of nitrogens with zero attached hydrogens (tertiary/aromatic N) is 1. The van der Waals surface area contributed by atoms with Gasteiger partial charge in [0, 0.05) is 18.2 Å². The molecule has 1 atom stereocenters. The largest absolute Gasteiger partial charge is 0.504 e. The van der Waals surface area contributed by atoms with Gasteiger partial charge in [0.1, 0.15) is 16.5 Å². The zero-order chi connectivity index (χ0) is 18.0. The normalized spacial score (nSPS) is 11.2. The Morgan fingerprint density at radius 1 is 1.16 bits per heavy atom. The second kappa shape index (κ2) is 6.77. The topological polar surface area (TPSA) is 101 Å². The molecule has 5 N–H and O–H groups in total. The highest BCUT2D eigenvalue weighted by Crippen LogP contribution is 2.36. The molecule has 1 aromatic heterocycles. The smallest absolute Gasteiger partial charge is 0.271 e. The Hall–Kier alpha value is -3.14. The van der Waals surface area contributed by atoms with Crippen molar-refractivity contribution in [3.8, 4) is 28.0 Å². The summed E-state index contributed by atoms with van der Waals surface area (Å²) in [5, 5.41) is 13.9. The van der Waals surface area contributed by atoms with Gasteiger partial charge in [0.25, 0.3) is 5.88 Å². The third-order valence-electron chi connectivity index (χ3n) is 3.17. The van der Waals surface area contributed by atoms with E-state index in [1.54, 1.807) is 17.5 Å². The van der Waals surface area contributed by atoms with Gasteiger partial charge in [-0.2, -0.15) is 0 Å². The van der Waals surface area contributed by atoms with E-state index in [1.807, 2.05) is 0 Å². The minimum absolute atomic E-state index is 0.00289. The van der Waals surface area contributed by atoms with E-state index in [1.165, 1.54) is 13.2 Å². The van der Waals surface area contributed by atoms with Gasteiger partial charge in [-0.15, -0.1) is 0 Å². The van der Waals surface area contributed by atoms with Gasteiger partial charge in [-0.3, -0.25) is 0 Å². The third kappa shape index (κ3) is 3.69. The van der Waals surface area contributed by atoms with E-state index >= 15 is 0 Å². The van der Waals surface area contributed by atoms with Crippen molar-refractivity contribution in [3.63, 3.8) is 0 Å². The minimum Gasteiger partial charge on any atom is -0.504 e. The average molecular weight is 369 g/mol. The Morgan fingerprint density at radius 2 is 1.96 bits per heavy atom. The molecular formula is C15H15F2N4O3S+. The first kappa shape index (κ1) is 16.7. The first-order valence-corrected chi connectivity index (χ1v) is 8.27. The number of nitrogens with one attached hydrogen (secondary N) is 2. The van der Waals surface area contributed by atoms with Crippen molar-refractivity contribution in [2.24, 2.45) is 0 Å². The summed E-state index contributed by atoms with van der Waals surface area (Å²) in [4.78, 5) is 1.77. The quantitative estimate of drug-likeness (QED) is 0.418. The van der Waals surface area contributed by atoms with Crippen molar-refractivity contribution >= 4 is 10.7 Å². The molecule has 0 aliphatic carbocycles. The van der Waals surface area contributed by atoms with Crippen LogP contribution in [0.3, 0.4) is 0 Å². The van der Waals surface area contributed by atoms with Gasteiger partial charge >= 0.3 is 0 Å². The fourth-order valence-corrected chi connectivity index (χ4v) is 3.36. The minimum atomic E-state index is -0.780. The van der Waals surface area contributed by atoms with Crippen LogP contribution in [0.4, 0.5) is 8.78 Å². The lowest BCUT2D eigenvalue weighted by Crippen LogP contribution is -2.16. The maximum absolute atomic E-state index is 13.7. The number of nitrogens with two attached hydrogens (primary N) is 1. The predicted molar refractivity (Wildman–Crippen MR) is 89.4 cm³/mol. The number of aromatic hydroxyl groups is 1. The Morgan fingerprint density at radius 3 is 2.72 bits per heavy atom. The van der Waals surface area contributed by atoms with Crippen LogP contribution in [0.1, 0.15) is 0 Å². The molecule has 0 saturated heterocycles. The lowest BCUT2D eigenvalue weighted by atomic mass is 10.3. The molecule has 1 unspecified atom stereocenters. The van der Waals surface area contributed by atoms with Gasteiger partial charge in [-0.25, -0.2) is 13.9 Å². The summed E-state index contributed by atoms with van der Waals surface area (Å²) in [7, 11) is 0.655. The Balaban J connectivity index is 1.99. The molecule has 0 fully saturated rings. The molecule has 0 amide bonds. The van der Waals surface area contributed by atoms with Crippen LogP contribution in [0, 0.1) is 11.6 Å². The Bertz CT molecular complexity index is 943. The highest BCUT2D eigenvalue weighted by atomic mass is 32.2. The van der Waals surface area contributed by atoms with Crippen LogP contribution in [0.25, 0.3) is 4.90 Å². The third-order valence-corrected chi connectivity index (χ3v) is 4.78. The summed E-state index contributed by atoms with van der Waals surface area (Å²) >= 11 is 0. The van der Waals surface area contributed by atoms with Gasteiger partial charge in [-0.1, -0.05) is 9.39 Å². The van der Waals surface area contributed by atoms with Crippen LogP contribution in [-0.2, 0) is 0 Å². The second-order valence-corrected chi connectivity index (χ2v) is 6.47. The molecule has 0 aliphatic heterocycles. The standard InChI is InChI=1S/C15H14F2N4O3S/c1-23-14-7-10(3-5-12(14)22)25-8-15(19-21(18)20-25)24-13-6-9(16)2-4-11(13)17/h2-8,19-20H,18H2,1H3/p+1. The molecular weight excluding hydrogens is 354 g/mol. The van der Waals surface area contributed by atoms with Gasteiger partial charge in [0.15, 0.2) is 23.1 Å². The van der Waals surface area contributed by atoms with Crippen LogP contribution in [0.15, 0.2) is 41.8 Å². The highest BCUT2D eigenvalue weighted by molar-refractivity contribution is 7.33. The second-order valence-electron chi connectivity index (χ2n) is 4.90. The lowest BCUT2D eigenvalue weighted by molar-refractivity contribution is 0.374. The molecule has 0 spiro atoms. The number of hydrogen-bond acceptors (Lipinski definition) is 4. The van der Waals surface area contributed by atoms with E-state index in [4.69, 9.17) is 15.3 Å². The number of H-pyrrole nitrogens is 2. The number of aromatic amines is 2. The Labute approximate surface area is 143 Å². The number of phenols is 1. The van der Waals surface area contributed by atoms with Crippen molar-refractivity contribution in [1.82, 2.24) is 14.5 Å². The van der Waals surface area contributed by atoms with Crippen molar-refractivity contribution in [1.29, 1.82) is 0 Å². The average Bonchev–Trinajstić information content (AvgIpc) is 2.58. The lowest BCUT2D eigenvalue weighted by Gasteiger charge is -2.08. The van der Waals surface area contributed by atoms with E-state index in [2.05, 4.69) is 9.59 Å². The zero-order valence-electron chi connectivity index (χ0n) is 13.0. The summed E-state index contributed by atoms with van der Waals surface area (Å²) in [6.07, 6.45) is 0. The number of methoxy groups -OCH3 is 1. The van der Waals surface area contributed by atoms with Crippen molar-refractivity contribution in [3.05, 3.63) is 53.4 Å². The number of rotatable bonds is 4. The van der Waals surface area contributed by atoms with Crippen LogP contribution in [-0.4, -0.2) is 26.7 Å². The van der Waals surface area contributed by atoms with Crippen LogP contribution in [0.5, 0.6) is 23.1 Å². The summed E-state index contributed by atoms with van der Waals surface area (Å²) < 4.78 is 40.4. The van der Waals surface area contributed by atoms with Crippen molar-refractivity contribution in [2.45, 2.75) is 0 Å². The van der Waals surface area contributed by atoms with Crippen LogP contribution in [0.2, 0.25) is 0 Å². The molecule has 7 nitrogen and oxygen atoms in total. The van der Waals surface area contributed by atoms with E-state index < -0.39 is 22.3 Å². The highest BCUT2D eigenvalue weighted by Gasteiger charge is 2.17. The van der Waals surface area contributed by atoms with Gasteiger partial charge in [0.2, 0.25) is 10.3 Å². The number of hydrogen-bond donors (Lipinski definition) is 4. The van der Waals surface area contributed by atoms with E-state index in [0.29, 0.717) is 5.75 Å². The van der Waals surface area contributed by atoms with Crippen LogP contribution < -0.4 is 15.3 Å². The fraction of sp³-hybridized carbons (Fsp3) is 0.0667. The molecule has 0 bridgehead atoms. The summed E-state index contributed by atoms with van der Waals surface area (Å²) in [5.41, 5.74) is 0. The maximum Gasteiger partial charge on any atom is 0.271 e. The molecule has 25 heavy (non-hydrogen) atoms. The molecule has 0 aliphatic rings. The summed E-state index contributed by atoms with van der Waals surface area (Å²) in [6.45, 7) is 0. The van der Waals surface area contributed by atoms with Gasteiger partial charge < -0.3 is 20.4 Å². The number of aromatic nitrogens is 3. The number of benzene rings is 2. The van der Waals surface area contributed by atoms with Crippen molar-refractivity contribution < 1.29 is 23.4 Å². The predicted octanol–water partition coefficient (Wildman–Crippen LogP) is 3.51. The zero-order valence-corrected chi connectivity index (χ0v) is 13.8. The first-order valence-electron chi connectivity index (χ1n) is 6.99. The van der Waals surface area contributed by atoms with Crippen LogP contribution >= 0.6 is 10.7 Å². The summed E-state index contributed by atoms with van der Waals surface area (Å²) in [5.74, 6) is 4.51. The fourth-order valence-electron chi connectivity index (χ4n) is 2.04. The molecule has 1 heterocycles. The maximum atomic E-state index is 13.7. The number of phenolic OH excluding ortho intramolecular Hbond substituents is 1. The monoisotopic (exact) mass is 369 g/mol. The van der Waals surface area contributed by atoms with E-state index in [-0.39, 0.29) is 17.4 Å². The summed E-state index contributed by atoms with van der Waals surface area (Å²) in [6, 6.07) is 7.67. The first-order chi connectivity index (χ1) is 12.0. The molecule has 0 radical (unpaired) electrons. The SMILES string of the molecule is COc1cc(-[s+]2cc(Oc3cc(F)ccc3F)[nH]n(N)[nH]2)ccc1O. The molecule has 0 saturated carbocycles. The van der Waals surface area contributed by atoms with E-state index in [0.717, 1.165) is 28.0 Å². The molecule has 132 valence electrons. The van der Waals surface area contributed by atoms with E-state index in [9.17, 15) is 13.9 Å². The molecule has 2 aromatic carbocycles. The number of ether oxygens (including phenoxy) is 2. The Kier molecular flexibility index (Phi) is 4.52. The molecule has 3 aromatic rings. The molecule has 3 rings (SSSR count). The number of nitrogen functional groups attached to an aromatic ring is 1. The van der Waals surface area contributed by atoms with Gasteiger partial charge in [-0.05, 0) is 18.2 Å². The van der Waals surface area contributed by atoms with Crippen molar-refractivity contribution in [2.75, 3.05) is 13.0 Å². The number of halogens is 2. The molecule has 10 heteroatoms.